The van der Waals surface area contributed by atoms with E-state index < -0.39 is 16.9 Å². The molecule has 0 spiro atoms. The summed E-state index contributed by atoms with van der Waals surface area (Å²) in [6.45, 7) is 1.92. The lowest BCUT2D eigenvalue weighted by molar-refractivity contribution is -0.385. The summed E-state index contributed by atoms with van der Waals surface area (Å²) in [6, 6.07) is 3.67. The fraction of sp³-hybridized carbons (Fsp3) is 0.273. The van der Waals surface area contributed by atoms with Gasteiger partial charge in [0.25, 0.3) is 5.69 Å². The maximum Gasteiger partial charge on any atom is 0.318 e. The number of imide groups is 1. The van der Waals surface area contributed by atoms with E-state index >= 15 is 0 Å². The Bertz CT molecular complexity index is 515. The highest BCUT2D eigenvalue weighted by atomic mass is 16.6. The molecule has 1 aromatic carbocycles. The third kappa shape index (κ3) is 4.62. The van der Waals surface area contributed by atoms with Gasteiger partial charge in [-0.2, -0.15) is 0 Å². The van der Waals surface area contributed by atoms with Gasteiger partial charge in [0.1, 0.15) is 0 Å². The first-order valence-corrected chi connectivity index (χ1v) is 5.48. The van der Waals surface area contributed by atoms with E-state index in [-0.39, 0.29) is 18.7 Å². The zero-order chi connectivity index (χ0) is 14.4. The van der Waals surface area contributed by atoms with E-state index in [2.05, 4.69) is 5.32 Å². The molecule has 102 valence electrons. The van der Waals surface area contributed by atoms with Crippen molar-refractivity contribution in [2.45, 2.75) is 13.3 Å². The third-order valence-electron chi connectivity index (χ3n) is 2.34. The second-order valence-electron chi connectivity index (χ2n) is 3.85. The summed E-state index contributed by atoms with van der Waals surface area (Å²) in [5.74, 6) is -0.487. The molecule has 0 bridgehead atoms. The normalized spacial score (nSPS) is 9.74. The van der Waals surface area contributed by atoms with Crippen molar-refractivity contribution in [1.82, 2.24) is 5.32 Å². The average Bonchev–Trinajstić information content (AvgIpc) is 2.27. The number of hydrogen-bond acceptors (Lipinski definition) is 5. The van der Waals surface area contributed by atoms with Crippen molar-refractivity contribution in [2.24, 2.45) is 5.73 Å². The number of carbonyl (C=O) groups is 2. The van der Waals surface area contributed by atoms with Crippen molar-refractivity contribution < 1.29 is 14.5 Å². The Morgan fingerprint density at radius 3 is 2.63 bits per heavy atom. The number of nitro groups is 1. The van der Waals surface area contributed by atoms with E-state index in [4.69, 9.17) is 5.73 Å². The highest BCUT2D eigenvalue weighted by Crippen LogP contribution is 2.21. The predicted octanol–water partition coefficient (Wildman–Crippen LogP) is 0.900. The van der Waals surface area contributed by atoms with Gasteiger partial charge in [-0.3, -0.25) is 20.2 Å². The van der Waals surface area contributed by atoms with Gasteiger partial charge in [-0.1, -0.05) is 0 Å². The second-order valence-corrected chi connectivity index (χ2v) is 3.85. The zero-order valence-electron chi connectivity index (χ0n) is 10.3. The number of carbonyl (C=O) groups excluding carboxylic acids is 2. The summed E-state index contributed by atoms with van der Waals surface area (Å²) < 4.78 is 0. The highest BCUT2D eigenvalue weighted by Gasteiger charge is 2.10. The van der Waals surface area contributed by atoms with Crippen LogP contribution in [0.15, 0.2) is 18.2 Å². The number of aryl methyl sites for hydroxylation is 1. The Kier molecular flexibility index (Phi) is 4.81. The second kappa shape index (κ2) is 6.34. The number of nitro benzene ring substituents is 1. The van der Waals surface area contributed by atoms with Gasteiger partial charge in [0.05, 0.1) is 4.92 Å². The molecule has 0 unspecified atom stereocenters. The molecule has 0 fully saturated rings. The Labute approximate surface area is 109 Å². The first-order chi connectivity index (χ1) is 8.90. The molecule has 8 nitrogen and oxygen atoms in total. The molecule has 8 heteroatoms. The number of urea groups is 1. The Balaban J connectivity index is 2.50. The van der Waals surface area contributed by atoms with E-state index in [1.807, 2.05) is 5.32 Å². The first kappa shape index (κ1) is 14.4. The molecule has 0 saturated carbocycles. The summed E-state index contributed by atoms with van der Waals surface area (Å²) in [7, 11) is 0. The Hall–Kier alpha value is -2.64. The van der Waals surface area contributed by atoms with Gasteiger partial charge >= 0.3 is 6.03 Å². The van der Waals surface area contributed by atoms with E-state index in [1.54, 1.807) is 19.1 Å². The summed E-state index contributed by atoms with van der Waals surface area (Å²) in [6.07, 6.45) is 0.0684. The smallest absolute Gasteiger partial charge is 0.318 e. The topological polar surface area (TPSA) is 127 Å². The van der Waals surface area contributed by atoms with Crippen LogP contribution in [0.25, 0.3) is 0 Å². The predicted molar refractivity (Wildman–Crippen MR) is 68.7 cm³/mol. The molecule has 0 heterocycles. The number of hydrogen-bond donors (Lipinski definition) is 3. The molecule has 0 atom stereocenters. The monoisotopic (exact) mass is 266 g/mol. The number of rotatable bonds is 5. The Morgan fingerprint density at radius 1 is 1.42 bits per heavy atom. The number of primary amides is 1. The number of nitrogens with two attached hydrogens (primary N) is 1. The van der Waals surface area contributed by atoms with Gasteiger partial charge in [-0.05, 0) is 19.1 Å². The lowest BCUT2D eigenvalue weighted by atomic mass is 10.2. The third-order valence-corrected chi connectivity index (χ3v) is 2.34. The van der Waals surface area contributed by atoms with Crippen LogP contribution in [0.3, 0.4) is 0 Å². The maximum atomic E-state index is 11.1. The molecule has 4 N–H and O–H groups in total. The van der Waals surface area contributed by atoms with Crippen molar-refractivity contribution in [3.05, 3.63) is 33.9 Å². The lowest BCUT2D eigenvalue weighted by Gasteiger charge is -2.07. The minimum Gasteiger partial charge on any atom is -0.385 e. The minimum absolute atomic E-state index is 0.0389. The number of amides is 3. The number of nitrogens with one attached hydrogen (secondary N) is 2. The van der Waals surface area contributed by atoms with Crippen molar-refractivity contribution in [1.29, 1.82) is 0 Å². The summed E-state index contributed by atoms with van der Waals surface area (Å²) in [4.78, 5) is 31.7. The lowest BCUT2D eigenvalue weighted by Crippen LogP contribution is -2.35. The molecule has 19 heavy (non-hydrogen) atoms. The van der Waals surface area contributed by atoms with Crippen LogP contribution in [-0.2, 0) is 4.79 Å². The molecule has 0 radical (unpaired) electrons. The average molecular weight is 266 g/mol. The molecule has 0 aliphatic carbocycles. The SMILES string of the molecule is Cc1cc(NCCC(=O)NC(N)=O)ccc1[N+](=O)[O-]. The van der Waals surface area contributed by atoms with Gasteiger partial charge in [-0.15, -0.1) is 0 Å². The van der Waals surface area contributed by atoms with Crippen LogP contribution in [0.4, 0.5) is 16.2 Å². The number of anilines is 1. The molecule has 3 amide bonds. The van der Waals surface area contributed by atoms with E-state index in [0.717, 1.165) is 0 Å². The first-order valence-electron chi connectivity index (χ1n) is 5.48. The van der Waals surface area contributed by atoms with Crippen LogP contribution < -0.4 is 16.4 Å². The fourth-order valence-electron chi connectivity index (χ4n) is 1.49. The molecular formula is C11H14N4O4. The molecule has 0 saturated heterocycles. The quantitative estimate of drug-likeness (QED) is 0.539. The van der Waals surface area contributed by atoms with Crippen molar-refractivity contribution in [3.63, 3.8) is 0 Å². The molecule has 1 rings (SSSR count). The van der Waals surface area contributed by atoms with Gasteiger partial charge in [0.2, 0.25) is 5.91 Å². The van der Waals surface area contributed by atoms with Crippen LogP contribution in [-0.4, -0.2) is 23.4 Å². The van der Waals surface area contributed by atoms with Crippen LogP contribution in [0.5, 0.6) is 0 Å². The largest absolute Gasteiger partial charge is 0.385 e. The molecule has 0 aliphatic heterocycles. The summed E-state index contributed by atoms with van der Waals surface area (Å²) in [5.41, 5.74) is 6.01. The summed E-state index contributed by atoms with van der Waals surface area (Å²) in [5, 5.41) is 15.5. The number of nitrogens with zero attached hydrogens (tertiary/aromatic N) is 1. The van der Waals surface area contributed by atoms with E-state index in [0.29, 0.717) is 11.3 Å². The van der Waals surface area contributed by atoms with Gasteiger partial charge < -0.3 is 11.1 Å². The Morgan fingerprint density at radius 2 is 2.11 bits per heavy atom. The number of benzene rings is 1. The molecular weight excluding hydrogens is 252 g/mol. The maximum absolute atomic E-state index is 11.1. The van der Waals surface area contributed by atoms with Crippen LogP contribution in [0, 0.1) is 17.0 Å². The molecule has 1 aromatic rings. The van der Waals surface area contributed by atoms with Crippen LogP contribution in [0.1, 0.15) is 12.0 Å². The van der Waals surface area contributed by atoms with Gasteiger partial charge in [0.15, 0.2) is 0 Å². The van der Waals surface area contributed by atoms with Gasteiger partial charge in [-0.25, -0.2) is 4.79 Å². The van der Waals surface area contributed by atoms with Crippen molar-refractivity contribution in [3.8, 4) is 0 Å². The standard InChI is InChI=1S/C11H14N4O4/c1-7-6-8(2-3-9(7)15(18)19)13-5-4-10(16)14-11(12)17/h2-3,6,13H,4-5H2,1H3,(H3,12,14,16,17). The highest BCUT2D eigenvalue weighted by molar-refractivity contribution is 5.93. The van der Waals surface area contributed by atoms with Gasteiger partial charge in [0, 0.05) is 30.3 Å². The molecule has 0 aromatic heterocycles. The summed E-state index contributed by atoms with van der Waals surface area (Å²) >= 11 is 0. The molecule has 0 aliphatic rings. The van der Waals surface area contributed by atoms with Crippen LogP contribution >= 0.6 is 0 Å². The van der Waals surface area contributed by atoms with Crippen LogP contribution in [0.2, 0.25) is 0 Å². The van der Waals surface area contributed by atoms with Crippen molar-refractivity contribution in [2.75, 3.05) is 11.9 Å². The van der Waals surface area contributed by atoms with Crippen molar-refractivity contribution >= 4 is 23.3 Å². The minimum atomic E-state index is -0.892. The fourth-order valence-corrected chi connectivity index (χ4v) is 1.49. The zero-order valence-corrected chi connectivity index (χ0v) is 10.3. The van der Waals surface area contributed by atoms with E-state index in [9.17, 15) is 19.7 Å². The van der Waals surface area contributed by atoms with E-state index in [1.165, 1.54) is 6.07 Å².